The van der Waals surface area contributed by atoms with Crippen molar-refractivity contribution >= 4 is 29.0 Å². The topological polar surface area (TPSA) is 83.9 Å². The van der Waals surface area contributed by atoms with Gasteiger partial charge in [-0.3, -0.25) is 5.32 Å². The Labute approximate surface area is 223 Å². The van der Waals surface area contributed by atoms with Gasteiger partial charge in [-0.15, -0.1) is 5.10 Å². The summed E-state index contributed by atoms with van der Waals surface area (Å²) in [6.45, 7) is 4.43. The second-order valence-corrected chi connectivity index (χ2v) is 9.17. The molecule has 0 aliphatic carbocycles. The number of amides is 2. The molecule has 0 fully saturated rings. The molecule has 3 aromatic carbocycles. The average molecular weight is 539 g/mol. The standard InChI is InChI=1S/C27H25F3N6OS/c1-17(2)22-5-3-4-6-23(22)33-26(38)34-25(37)31-15-18-7-9-19(10-8-18)24-32-16-36(35-24)21-13-11-20(12-14-21)27(28,29)30/h3-14,16-17H,15H2,1-2H3,(H3,31,33,34,37,38). The third kappa shape index (κ3) is 6.74. The van der Waals surface area contributed by atoms with Gasteiger partial charge in [0.25, 0.3) is 0 Å². The minimum absolute atomic E-state index is 0.195. The molecule has 2 amide bonds. The Morgan fingerprint density at radius 2 is 1.68 bits per heavy atom. The first kappa shape index (κ1) is 26.8. The number of anilines is 1. The van der Waals surface area contributed by atoms with Crippen molar-refractivity contribution in [2.75, 3.05) is 5.32 Å². The molecule has 0 saturated heterocycles. The van der Waals surface area contributed by atoms with Gasteiger partial charge in [0.05, 0.1) is 11.3 Å². The number of halogens is 3. The fourth-order valence-electron chi connectivity index (χ4n) is 3.69. The zero-order valence-electron chi connectivity index (χ0n) is 20.6. The molecule has 1 heterocycles. The van der Waals surface area contributed by atoms with Crippen LogP contribution in [0, 0.1) is 0 Å². The first-order valence-corrected chi connectivity index (χ1v) is 12.1. The van der Waals surface area contributed by atoms with Gasteiger partial charge in [0, 0.05) is 17.8 Å². The molecule has 0 aliphatic rings. The summed E-state index contributed by atoms with van der Waals surface area (Å²) in [5.74, 6) is 0.715. The van der Waals surface area contributed by atoms with Crippen molar-refractivity contribution in [3.8, 4) is 17.1 Å². The second kappa shape index (κ2) is 11.4. The van der Waals surface area contributed by atoms with E-state index in [0.717, 1.165) is 34.5 Å². The highest BCUT2D eigenvalue weighted by Gasteiger charge is 2.30. The molecule has 0 unspecified atom stereocenters. The second-order valence-electron chi connectivity index (χ2n) is 8.76. The van der Waals surface area contributed by atoms with Crippen LogP contribution < -0.4 is 16.0 Å². The summed E-state index contributed by atoms with van der Waals surface area (Å²) in [7, 11) is 0. The Balaban J connectivity index is 1.30. The maximum absolute atomic E-state index is 12.8. The SMILES string of the molecule is CC(C)c1ccccc1NC(=S)NC(=O)NCc1ccc(-c2ncn(-c3ccc(C(F)(F)F)cc3)n2)cc1. The van der Waals surface area contributed by atoms with Crippen LogP contribution in [0.1, 0.15) is 36.5 Å². The molecule has 196 valence electrons. The van der Waals surface area contributed by atoms with Gasteiger partial charge in [-0.2, -0.15) is 13.2 Å². The molecular formula is C27H25F3N6OS. The Kier molecular flexibility index (Phi) is 8.06. The predicted octanol–water partition coefficient (Wildman–Crippen LogP) is 6.27. The van der Waals surface area contributed by atoms with Gasteiger partial charge in [0.2, 0.25) is 0 Å². The van der Waals surface area contributed by atoms with E-state index in [-0.39, 0.29) is 11.7 Å². The Hall–Kier alpha value is -4.25. The lowest BCUT2D eigenvalue weighted by Crippen LogP contribution is -2.41. The molecule has 3 N–H and O–H groups in total. The number of thiocarbonyl (C=S) groups is 1. The molecule has 11 heteroatoms. The van der Waals surface area contributed by atoms with Crippen LogP contribution in [-0.4, -0.2) is 25.9 Å². The van der Waals surface area contributed by atoms with Crippen LogP contribution in [0.25, 0.3) is 17.1 Å². The fourth-order valence-corrected chi connectivity index (χ4v) is 3.89. The van der Waals surface area contributed by atoms with Crippen molar-refractivity contribution < 1.29 is 18.0 Å². The van der Waals surface area contributed by atoms with E-state index in [9.17, 15) is 18.0 Å². The molecule has 0 radical (unpaired) electrons. The average Bonchev–Trinajstić information content (AvgIpc) is 3.38. The van der Waals surface area contributed by atoms with Crippen LogP contribution in [0.2, 0.25) is 0 Å². The van der Waals surface area contributed by atoms with Gasteiger partial charge < -0.3 is 10.6 Å². The summed E-state index contributed by atoms with van der Waals surface area (Å²) in [4.78, 5) is 16.6. The van der Waals surface area contributed by atoms with Gasteiger partial charge in [-0.25, -0.2) is 14.5 Å². The number of para-hydroxylation sites is 1. The van der Waals surface area contributed by atoms with Crippen LogP contribution in [0.3, 0.4) is 0 Å². The number of benzene rings is 3. The van der Waals surface area contributed by atoms with Gasteiger partial charge >= 0.3 is 12.2 Å². The molecule has 0 atom stereocenters. The monoisotopic (exact) mass is 538 g/mol. The summed E-state index contributed by atoms with van der Waals surface area (Å²) in [6, 6.07) is 19.3. The predicted molar refractivity (Wildman–Crippen MR) is 144 cm³/mol. The smallest absolute Gasteiger partial charge is 0.334 e. The summed E-state index contributed by atoms with van der Waals surface area (Å²) in [5.41, 5.74) is 3.24. The van der Waals surface area contributed by atoms with Crippen molar-refractivity contribution in [3.63, 3.8) is 0 Å². The molecule has 4 aromatic rings. The van der Waals surface area contributed by atoms with Crippen molar-refractivity contribution in [2.45, 2.75) is 32.5 Å². The summed E-state index contributed by atoms with van der Waals surface area (Å²) < 4.78 is 39.8. The number of carbonyl (C=O) groups excluding carboxylic acids is 1. The van der Waals surface area contributed by atoms with Crippen LogP contribution in [0.15, 0.2) is 79.1 Å². The van der Waals surface area contributed by atoms with E-state index in [0.29, 0.717) is 17.4 Å². The first-order chi connectivity index (χ1) is 18.1. The van der Waals surface area contributed by atoms with E-state index in [1.165, 1.54) is 23.1 Å². The summed E-state index contributed by atoms with van der Waals surface area (Å²) >= 11 is 5.27. The molecule has 7 nitrogen and oxygen atoms in total. The third-order valence-corrected chi connectivity index (χ3v) is 5.88. The van der Waals surface area contributed by atoms with Crippen LogP contribution in [-0.2, 0) is 12.7 Å². The van der Waals surface area contributed by atoms with Crippen LogP contribution >= 0.6 is 12.2 Å². The number of hydrogen-bond acceptors (Lipinski definition) is 4. The van der Waals surface area contributed by atoms with E-state index >= 15 is 0 Å². The Morgan fingerprint density at radius 3 is 2.34 bits per heavy atom. The van der Waals surface area contributed by atoms with E-state index in [1.807, 2.05) is 36.4 Å². The Morgan fingerprint density at radius 1 is 1.00 bits per heavy atom. The molecule has 0 saturated carbocycles. The number of aromatic nitrogens is 3. The van der Waals surface area contributed by atoms with Crippen molar-refractivity contribution in [2.24, 2.45) is 0 Å². The van der Waals surface area contributed by atoms with Crippen molar-refractivity contribution in [3.05, 3.63) is 95.8 Å². The lowest BCUT2D eigenvalue weighted by Gasteiger charge is -2.15. The molecular weight excluding hydrogens is 513 g/mol. The molecule has 1 aromatic heterocycles. The van der Waals surface area contributed by atoms with Crippen LogP contribution in [0.4, 0.5) is 23.7 Å². The first-order valence-electron chi connectivity index (χ1n) is 11.7. The summed E-state index contributed by atoms with van der Waals surface area (Å²) in [6.07, 6.45) is -2.96. The maximum Gasteiger partial charge on any atom is 0.416 e. The lowest BCUT2D eigenvalue weighted by atomic mass is 10.0. The number of carbonyl (C=O) groups is 1. The zero-order valence-corrected chi connectivity index (χ0v) is 21.4. The molecule has 0 bridgehead atoms. The number of nitrogens with zero attached hydrogens (tertiary/aromatic N) is 3. The number of urea groups is 1. The largest absolute Gasteiger partial charge is 0.416 e. The number of rotatable bonds is 6. The van der Waals surface area contributed by atoms with Gasteiger partial charge in [0.1, 0.15) is 6.33 Å². The highest BCUT2D eigenvalue weighted by molar-refractivity contribution is 7.80. The van der Waals surface area contributed by atoms with Crippen molar-refractivity contribution in [1.29, 1.82) is 0 Å². The van der Waals surface area contributed by atoms with E-state index in [2.05, 4.69) is 39.9 Å². The zero-order chi connectivity index (χ0) is 27.3. The maximum atomic E-state index is 12.8. The van der Waals surface area contributed by atoms with E-state index < -0.39 is 17.8 Å². The highest BCUT2D eigenvalue weighted by atomic mass is 32.1. The molecule has 4 rings (SSSR count). The van der Waals surface area contributed by atoms with E-state index in [1.54, 1.807) is 12.1 Å². The quantitative estimate of drug-likeness (QED) is 0.252. The molecule has 0 aliphatic heterocycles. The van der Waals surface area contributed by atoms with E-state index in [4.69, 9.17) is 12.2 Å². The fraction of sp³-hybridized carbons (Fsp3) is 0.185. The summed E-state index contributed by atoms with van der Waals surface area (Å²) in [5, 5.41) is 13.0. The van der Waals surface area contributed by atoms with Crippen molar-refractivity contribution in [1.82, 2.24) is 25.4 Å². The minimum atomic E-state index is -4.40. The molecule has 38 heavy (non-hydrogen) atoms. The van der Waals surface area contributed by atoms with Gasteiger partial charge in [-0.1, -0.05) is 56.3 Å². The molecule has 0 spiro atoms. The minimum Gasteiger partial charge on any atom is -0.334 e. The number of hydrogen-bond donors (Lipinski definition) is 3. The third-order valence-electron chi connectivity index (χ3n) is 5.67. The Bertz CT molecular complexity index is 1420. The van der Waals surface area contributed by atoms with Crippen LogP contribution in [0.5, 0.6) is 0 Å². The lowest BCUT2D eigenvalue weighted by molar-refractivity contribution is -0.137. The number of nitrogens with one attached hydrogen (secondary N) is 3. The van der Waals surface area contributed by atoms with Gasteiger partial charge in [0.15, 0.2) is 10.9 Å². The highest BCUT2D eigenvalue weighted by Crippen LogP contribution is 2.29. The normalized spacial score (nSPS) is 11.3. The number of alkyl halides is 3. The van der Waals surface area contributed by atoms with Gasteiger partial charge in [-0.05, 0) is 59.6 Å².